The van der Waals surface area contributed by atoms with E-state index in [-0.39, 0.29) is 5.41 Å². The molecule has 0 aliphatic carbocycles. The fourth-order valence-corrected chi connectivity index (χ4v) is 2.35. The van der Waals surface area contributed by atoms with Crippen molar-refractivity contribution in [3.63, 3.8) is 0 Å². The molecule has 0 aromatic carbocycles. The van der Waals surface area contributed by atoms with Gasteiger partial charge in [0.2, 0.25) is 5.89 Å². The number of hydrogen-bond acceptors (Lipinski definition) is 5. The summed E-state index contributed by atoms with van der Waals surface area (Å²) in [6.45, 7) is 6.90. The predicted molar refractivity (Wildman–Crippen MR) is 63.6 cm³/mol. The first-order valence-corrected chi connectivity index (χ1v) is 6.17. The van der Waals surface area contributed by atoms with Crippen LogP contribution in [-0.2, 0) is 16.8 Å². The summed E-state index contributed by atoms with van der Waals surface area (Å²) in [5, 5.41) is 7.36. The van der Waals surface area contributed by atoms with Crippen molar-refractivity contribution in [3.8, 4) is 0 Å². The third-order valence-electron chi connectivity index (χ3n) is 3.61. The molecule has 1 atom stereocenters. The Morgan fingerprint density at radius 3 is 3.00 bits per heavy atom. The maximum absolute atomic E-state index is 5.37. The SMILES string of the molecule is COCc1noc(C(C)(C)C2CCCNC2)n1. The minimum Gasteiger partial charge on any atom is -0.377 e. The lowest BCUT2D eigenvalue weighted by molar-refractivity contribution is 0.173. The largest absolute Gasteiger partial charge is 0.377 e. The smallest absolute Gasteiger partial charge is 0.232 e. The maximum atomic E-state index is 5.37. The fraction of sp³-hybridized carbons (Fsp3) is 0.833. The van der Waals surface area contributed by atoms with Crippen molar-refractivity contribution in [3.05, 3.63) is 11.7 Å². The average molecular weight is 239 g/mol. The number of piperidine rings is 1. The lowest BCUT2D eigenvalue weighted by atomic mass is 9.75. The molecule has 2 rings (SSSR count). The summed E-state index contributed by atoms with van der Waals surface area (Å²) < 4.78 is 10.4. The van der Waals surface area contributed by atoms with E-state index in [0.29, 0.717) is 18.3 Å². The van der Waals surface area contributed by atoms with E-state index in [1.54, 1.807) is 7.11 Å². The highest BCUT2D eigenvalue weighted by Crippen LogP contribution is 2.34. The van der Waals surface area contributed by atoms with E-state index in [4.69, 9.17) is 9.26 Å². The van der Waals surface area contributed by atoms with Gasteiger partial charge in [0.15, 0.2) is 5.82 Å². The lowest BCUT2D eigenvalue weighted by Gasteiger charge is -2.34. The number of methoxy groups -OCH3 is 1. The summed E-state index contributed by atoms with van der Waals surface area (Å²) in [5.41, 5.74) is -0.0770. The van der Waals surface area contributed by atoms with E-state index in [0.717, 1.165) is 19.0 Å². The topological polar surface area (TPSA) is 60.2 Å². The summed E-state index contributed by atoms with van der Waals surface area (Å²) in [6, 6.07) is 0. The van der Waals surface area contributed by atoms with Crippen molar-refractivity contribution < 1.29 is 9.26 Å². The van der Waals surface area contributed by atoms with Crippen molar-refractivity contribution in [2.45, 2.75) is 38.7 Å². The molecule has 0 radical (unpaired) electrons. The van der Waals surface area contributed by atoms with Crippen LogP contribution in [0.5, 0.6) is 0 Å². The second-order valence-electron chi connectivity index (χ2n) is 5.21. The van der Waals surface area contributed by atoms with Gasteiger partial charge >= 0.3 is 0 Å². The van der Waals surface area contributed by atoms with Gasteiger partial charge in [-0.1, -0.05) is 19.0 Å². The molecule has 2 heterocycles. The second-order valence-corrected chi connectivity index (χ2v) is 5.21. The Hall–Kier alpha value is -0.940. The third-order valence-corrected chi connectivity index (χ3v) is 3.61. The standard InChI is InChI=1S/C12H21N3O2/c1-12(2,9-5-4-6-13-7-9)11-14-10(8-16-3)15-17-11/h9,13H,4-8H2,1-3H3. The highest BCUT2D eigenvalue weighted by atomic mass is 16.5. The quantitative estimate of drug-likeness (QED) is 0.862. The maximum Gasteiger partial charge on any atom is 0.232 e. The Kier molecular flexibility index (Phi) is 3.79. The van der Waals surface area contributed by atoms with Gasteiger partial charge in [-0.3, -0.25) is 0 Å². The molecule has 1 aromatic heterocycles. The Labute approximate surface area is 102 Å². The Morgan fingerprint density at radius 2 is 2.35 bits per heavy atom. The van der Waals surface area contributed by atoms with Crippen LogP contribution < -0.4 is 5.32 Å². The van der Waals surface area contributed by atoms with Crippen LogP contribution in [0.1, 0.15) is 38.4 Å². The number of rotatable bonds is 4. The van der Waals surface area contributed by atoms with Gasteiger partial charge < -0.3 is 14.6 Å². The fourth-order valence-electron chi connectivity index (χ4n) is 2.35. The van der Waals surface area contributed by atoms with Gasteiger partial charge in [0, 0.05) is 12.5 Å². The molecule has 0 saturated carbocycles. The van der Waals surface area contributed by atoms with Crippen LogP contribution in [0.2, 0.25) is 0 Å². The highest BCUT2D eigenvalue weighted by Gasteiger charge is 2.37. The van der Waals surface area contributed by atoms with Crippen LogP contribution in [0.3, 0.4) is 0 Å². The van der Waals surface area contributed by atoms with Crippen molar-refractivity contribution in [1.29, 1.82) is 0 Å². The van der Waals surface area contributed by atoms with Gasteiger partial charge in [-0.05, 0) is 31.8 Å². The minimum atomic E-state index is -0.0770. The molecule has 1 N–H and O–H groups in total. The molecule has 0 amide bonds. The highest BCUT2D eigenvalue weighted by molar-refractivity contribution is 5.05. The number of aromatic nitrogens is 2. The molecule has 5 nitrogen and oxygen atoms in total. The van der Waals surface area contributed by atoms with Gasteiger partial charge in [-0.15, -0.1) is 0 Å². The molecule has 17 heavy (non-hydrogen) atoms. The normalized spacial score (nSPS) is 21.7. The van der Waals surface area contributed by atoms with E-state index in [9.17, 15) is 0 Å². The van der Waals surface area contributed by atoms with E-state index >= 15 is 0 Å². The van der Waals surface area contributed by atoms with Gasteiger partial charge in [0.25, 0.3) is 0 Å². The number of nitrogens with zero attached hydrogens (tertiary/aromatic N) is 2. The van der Waals surface area contributed by atoms with Crippen LogP contribution in [0.4, 0.5) is 0 Å². The lowest BCUT2D eigenvalue weighted by Crippen LogP contribution is -2.40. The van der Waals surface area contributed by atoms with Crippen molar-refractivity contribution in [2.24, 2.45) is 5.92 Å². The van der Waals surface area contributed by atoms with Gasteiger partial charge in [0.05, 0.1) is 0 Å². The van der Waals surface area contributed by atoms with E-state index < -0.39 is 0 Å². The zero-order valence-corrected chi connectivity index (χ0v) is 10.8. The predicted octanol–water partition coefficient (Wildman–Crippen LogP) is 1.49. The Balaban J connectivity index is 2.11. The molecule has 1 aromatic rings. The van der Waals surface area contributed by atoms with Gasteiger partial charge in [-0.2, -0.15) is 4.98 Å². The molecule has 5 heteroatoms. The van der Waals surface area contributed by atoms with Crippen molar-refractivity contribution in [1.82, 2.24) is 15.5 Å². The van der Waals surface area contributed by atoms with Crippen LogP contribution in [-0.4, -0.2) is 30.3 Å². The number of nitrogens with one attached hydrogen (secondary N) is 1. The summed E-state index contributed by atoms with van der Waals surface area (Å²) in [4.78, 5) is 4.42. The molecular formula is C12H21N3O2. The van der Waals surface area contributed by atoms with E-state index in [1.165, 1.54) is 12.8 Å². The zero-order chi connectivity index (χ0) is 12.3. The summed E-state index contributed by atoms with van der Waals surface area (Å²) in [6.07, 6.45) is 2.43. The number of hydrogen-bond donors (Lipinski definition) is 1. The first kappa shape index (κ1) is 12.5. The first-order chi connectivity index (χ1) is 8.14. The van der Waals surface area contributed by atoms with Crippen LogP contribution in [0, 0.1) is 5.92 Å². The zero-order valence-electron chi connectivity index (χ0n) is 10.8. The molecular weight excluding hydrogens is 218 g/mol. The van der Waals surface area contributed by atoms with Crippen LogP contribution in [0.25, 0.3) is 0 Å². The third kappa shape index (κ3) is 2.66. The molecule has 96 valence electrons. The van der Waals surface area contributed by atoms with E-state index in [2.05, 4.69) is 29.3 Å². The van der Waals surface area contributed by atoms with Crippen LogP contribution >= 0.6 is 0 Å². The van der Waals surface area contributed by atoms with Crippen molar-refractivity contribution >= 4 is 0 Å². The summed E-state index contributed by atoms with van der Waals surface area (Å²) >= 11 is 0. The summed E-state index contributed by atoms with van der Waals surface area (Å²) in [5.74, 6) is 1.89. The van der Waals surface area contributed by atoms with Gasteiger partial charge in [0.1, 0.15) is 6.61 Å². The second kappa shape index (κ2) is 5.14. The molecule has 0 bridgehead atoms. The van der Waals surface area contributed by atoms with Crippen molar-refractivity contribution in [2.75, 3.05) is 20.2 Å². The molecule has 1 aliphatic heterocycles. The van der Waals surface area contributed by atoms with E-state index in [1.807, 2.05) is 0 Å². The molecule has 1 saturated heterocycles. The van der Waals surface area contributed by atoms with Crippen LogP contribution in [0.15, 0.2) is 4.52 Å². The average Bonchev–Trinajstić information content (AvgIpc) is 2.80. The minimum absolute atomic E-state index is 0.0770. The Bertz CT molecular complexity index is 356. The monoisotopic (exact) mass is 239 g/mol. The number of ether oxygens (including phenoxy) is 1. The molecule has 1 aliphatic rings. The molecule has 1 unspecified atom stereocenters. The summed E-state index contributed by atoms with van der Waals surface area (Å²) in [7, 11) is 1.63. The first-order valence-electron chi connectivity index (χ1n) is 6.17. The molecule has 1 fully saturated rings. The van der Waals surface area contributed by atoms with Gasteiger partial charge in [-0.25, -0.2) is 0 Å². The Morgan fingerprint density at radius 1 is 1.53 bits per heavy atom. The molecule has 0 spiro atoms.